The molecule has 3 aromatic carbocycles. The van der Waals surface area contributed by atoms with Crippen LogP contribution in [0, 0.1) is 5.82 Å². The number of ether oxygens (including phenoxy) is 1. The highest BCUT2D eigenvalue weighted by Crippen LogP contribution is 2.38. The molecule has 0 aromatic heterocycles. The van der Waals surface area contributed by atoms with E-state index in [2.05, 4.69) is 45.5 Å². The Morgan fingerprint density at radius 2 is 1.80 bits per heavy atom. The Labute approximate surface area is 299 Å². The number of carboxylic acid groups (broad SMARTS) is 1. The molecule has 11 heteroatoms. The van der Waals surface area contributed by atoms with Crippen LogP contribution < -0.4 is 10.1 Å². The Morgan fingerprint density at radius 3 is 2.53 bits per heavy atom. The minimum atomic E-state index is -0.916. The maximum atomic E-state index is 14.7. The lowest BCUT2D eigenvalue weighted by atomic mass is 9.82. The first-order valence-corrected chi connectivity index (χ1v) is 18.0. The van der Waals surface area contributed by atoms with Gasteiger partial charge in [0.05, 0.1) is 17.1 Å². The number of carboxylic acids is 1. The van der Waals surface area contributed by atoms with Crippen LogP contribution in [0.4, 0.5) is 4.39 Å². The number of aryl methyl sites for hydroxylation is 1. The monoisotopic (exact) mass is 751 g/mol. The van der Waals surface area contributed by atoms with Crippen LogP contribution in [0.3, 0.4) is 0 Å². The molecule has 2 amide bonds. The third-order valence-electron chi connectivity index (χ3n) is 9.38. The molecule has 2 N–H and O–H groups in total. The van der Waals surface area contributed by atoms with Gasteiger partial charge in [0.15, 0.2) is 0 Å². The van der Waals surface area contributed by atoms with Crippen LogP contribution in [-0.2, 0) is 27.3 Å². The lowest BCUT2D eigenvalue weighted by Gasteiger charge is -2.45. The Hall–Kier alpha value is -3.73. The van der Waals surface area contributed by atoms with Crippen molar-refractivity contribution in [2.24, 2.45) is 0 Å². The van der Waals surface area contributed by atoms with Crippen molar-refractivity contribution in [3.8, 4) is 5.75 Å². The molecule has 2 fully saturated rings. The molecule has 258 valence electrons. The summed E-state index contributed by atoms with van der Waals surface area (Å²) in [6.07, 6.45) is 4.37. The Balaban J connectivity index is 1.22. The highest BCUT2D eigenvalue weighted by molar-refractivity contribution is 9.10. The van der Waals surface area contributed by atoms with E-state index in [1.165, 1.54) is 12.1 Å². The topological polar surface area (TPSA) is 99.2 Å². The molecule has 2 bridgehead atoms. The summed E-state index contributed by atoms with van der Waals surface area (Å²) in [5.74, 6) is -0.909. The number of nitrogens with one attached hydrogen (secondary N) is 1. The van der Waals surface area contributed by atoms with E-state index in [4.69, 9.17) is 21.4 Å². The number of hydrogen-bond donors (Lipinski definition) is 2. The maximum absolute atomic E-state index is 14.7. The average molecular weight is 753 g/mol. The summed E-state index contributed by atoms with van der Waals surface area (Å²) in [7, 11) is 0. The van der Waals surface area contributed by atoms with Crippen molar-refractivity contribution < 1.29 is 28.6 Å². The normalized spacial score (nSPS) is 18.7. The number of piperazine rings is 1. The zero-order valence-corrected chi connectivity index (χ0v) is 29.5. The minimum absolute atomic E-state index is 0.0364. The maximum Gasteiger partial charge on any atom is 0.303 e. The molecule has 8 nitrogen and oxygen atoms in total. The molecule has 2 aliphatic heterocycles. The molecule has 3 aliphatic rings. The van der Waals surface area contributed by atoms with Gasteiger partial charge in [-0.1, -0.05) is 54.1 Å². The van der Waals surface area contributed by atoms with E-state index in [1.807, 2.05) is 29.2 Å². The van der Waals surface area contributed by atoms with Crippen LogP contribution in [-0.4, -0.2) is 70.5 Å². The second kappa shape index (κ2) is 15.9. The summed E-state index contributed by atoms with van der Waals surface area (Å²) in [6.45, 7) is 1.69. The van der Waals surface area contributed by atoms with Gasteiger partial charge in [0, 0.05) is 61.2 Å². The van der Waals surface area contributed by atoms with Crippen LogP contribution in [0.5, 0.6) is 5.75 Å². The first-order valence-electron chi connectivity index (χ1n) is 16.9. The number of hydrogen-bond acceptors (Lipinski definition) is 5. The van der Waals surface area contributed by atoms with Crippen molar-refractivity contribution >= 4 is 50.9 Å². The van der Waals surface area contributed by atoms with Gasteiger partial charge in [-0.05, 0) is 94.9 Å². The third kappa shape index (κ3) is 8.90. The number of benzene rings is 3. The Morgan fingerprint density at radius 1 is 1.02 bits per heavy atom. The summed E-state index contributed by atoms with van der Waals surface area (Å²) in [5, 5.41) is 13.3. The van der Waals surface area contributed by atoms with E-state index < -0.39 is 5.97 Å². The zero-order valence-electron chi connectivity index (χ0n) is 27.2. The van der Waals surface area contributed by atoms with Crippen molar-refractivity contribution in [2.45, 2.75) is 76.0 Å². The SMILES string of the molecule is O=C(O)CCCC(=O)N1CC2CC(c3ccc(CCCOc4cc(F)ccc4Br)cc3)=C(C(=O)N(Cc3ccccc3Cl)C3CC3)C(C1)N2. The second-order valence-corrected chi connectivity index (χ2v) is 14.3. The van der Waals surface area contributed by atoms with Crippen LogP contribution in [0.1, 0.15) is 61.6 Å². The number of rotatable bonds is 14. The van der Waals surface area contributed by atoms with Gasteiger partial charge in [0.2, 0.25) is 5.91 Å². The van der Waals surface area contributed by atoms with Crippen molar-refractivity contribution in [3.63, 3.8) is 0 Å². The fourth-order valence-corrected chi connectivity index (χ4v) is 7.31. The van der Waals surface area contributed by atoms with Gasteiger partial charge in [-0.15, -0.1) is 0 Å². The molecule has 1 saturated carbocycles. The van der Waals surface area contributed by atoms with Crippen molar-refractivity contribution in [3.05, 3.63) is 104 Å². The Bertz CT molecular complexity index is 1730. The van der Waals surface area contributed by atoms with E-state index in [0.717, 1.165) is 47.9 Å². The highest BCUT2D eigenvalue weighted by atomic mass is 79.9. The van der Waals surface area contributed by atoms with Gasteiger partial charge in [-0.2, -0.15) is 0 Å². The fourth-order valence-electron chi connectivity index (χ4n) is 6.76. The summed E-state index contributed by atoms with van der Waals surface area (Å²) < 4.78 is 20.1. The molecule has 1 saturated heterocycles. The molecule has 0 spiro atoms. The van der Waals surface area contributed by atoms with Gasteiger partial charge in [0.1, 0.15) is 11.6 Å². The molecule has 2 heterocycles. The summed E-state index contributed by atoms with van der Waals surface area (Å²) in [4.78, 5) is 42.6. The van der Waals surface area contributed by atoms with Crippen molar-refractivity contribution in [1.29, 1.82) is 0 Å². The third-order valence-corrected chi connectivity index (χ3v) is 10.4. The van der Waals surface area contributed by atoms with E-state index >= 15 is 0 Å². The molecule has 3 aromatic rings. The molecular weight excluding hydrogens is 713 g/mol. The molecule has 2 atom stereocenters. The number of nitrogens with zero attached hydrogens (tertiary/aromatic N) is 2. The number of carbonyl (C=O) groups is 3. The number of aliphatic carboxylic acids is 1. The fraction of sp³-hybridized carbons (Fsp3) is 0.395. The predicted octanol–water partition coefficient (Wildman–Crippen LogP) is 7.03. The first kappa shape index (κ1) is 35.1. The Kier molecular flexibility index (Phi) is 11.4. The number of fused-ring (bicyclic) bond motifs is 2. The van der Waals surface area contributed by atoms with Crippen molar-refractivity contribution in [1.82, 2.24) is 15.1 Å². The predicted molar refractivity (Wildman–Crippen MR) is 190 cm³/mol. The zero-order chi connectivity index (χ0) is 34.5. The standard InChI is InChI=1S/C38H40BrClFN3O5/c39-31-17-14-27(41)19-34(31)49-18-4-5-24-10-12-25(13-11-24)30-20-28-22-43(35(45)8-3-9-36(46)47)23-33(42-28)37(30)38(48)44(29-15-16-29)21-26-6-1-2-7-32(26)40/h1-2,6-7,10-14,17,19,28-29,33,42H,3-5,8-9,15-16,18,20-23H2,(H,46,47). The van der Waals surface area contributed by atoms with Crippen LogP contribution in [0.25, 0.3) is 5.57 Å². The minimum Gasteiger partial charge on any atom is -0.492 e. The van der Waals surface area contributed by atoms with Crippen LogP contribution in [0.2, 0.25) is 5.02 Å². The molecule has 2 unspecified atom stereocenters. The van der Waals surface area contributed by atoms with Gasteiger partial charge in [-0.25, -0.2) is 4.39 Å². The van der Waals surface area contributed by atoms with Crippen LogP contribution >= 0.6 is 27.5 Å². The molecular formula is C38H40BrClFN3O5. The summed E-state index contributed by atoms with van der Waals surface area (Å²) in [6, 6.07) is 20.0. The van der Waals surface area contributed by atoms with E-state index in [-0.39, 0.29) is 55.0 Å². The second-order valence-electron chi connectivity index (χ2n) is 13.0. The van der Waals surface area contributed by atoms with Crippen molar-refractivity contribution in [2.75, 3.05) is 19.7 Å². The average Bonchev–Trinajstić information content (AvgIpc) is 3.93. The van der Waals surface area contributed by atoms with Gasteiger partial charge >= 0.3 is 5.97 Å². The number of carbonyl (C=O) groups excluding carboxylic acids is 2. The lowest BCUT2D eigenvalue weighted by Crippen LogP contribution is -2.62. The van der Waals surface area contributed by atoms with Crippen LogP contribution in [0.15, 0.2) is 76.8 Å². The molecule has 49 heavy (non-hydrogen) atoms. The molecule has 0 radical (unpaired) electrons. The summed E-state index contributed by atoms with van der Waals surface area (Å²) in [5.41, 5.74) is 4.68. The lowest BCUT2D eigenvalue weighted by molar-refractivity contribution is -0.138. The molecule has 1 aliphatic carbocycles. The van der Waals surface area contributed by atoms with E-state index in [9.17, 15) is 18.8 Å². The smallest absolute Gasteiger partial charge is 0.303 e. The van der Waals surface area contributed by atoms with E-state index in [0.29, 0.717) is 53.5 Å². The largest absolute Gasteiger partial charge is 0.492 e. The first-order chi connectivity index (χ1) is 23.7. The van der Waals surface area contributed by atoms with Gasteiger partial charge in [0.25, 0.3) is 5.91 Å². The summed E-state index contributed by atoms with van der Waals surface area (Å²) >= 11 is 9.94. The van der Waals surface area contributed by atoms with Gasteiger partial charge in [-0.3, -0.25) is 14.4 Å². The quantitative estimate of drug-likeness (QED) is 0.172. The number of amides is 2. The van der Waals surface area contributed by atoms with Gasteiger partial charge < -0.3 is 25.0 Å². The number of halogens is 3. The highest BCUT2D eigenvalue weighted by Gasteiger charge is 2.43. The van der Waals surface area contributed by atoms with E-state index in [1.54, 1.807) is 11.0 Å². The molecule has 6 rings (SSSR count).